The molecule has 0 saturated heterocycles. The minimum atomic E-state index is -3.16. The van der Waals surface area contributed by atoms with Crippen LogP contribution in [0.1, 0.15) is 66.2 Å². The molecule has 0 heterocycles. The van der Waals surface area contributed by atoms with Crippen molar-refractivity contribution in [1.29, 1.82) is 0 Å². The molecule has 174 valence electrons. The van der Waals surface area contributed by atoms with Gasteiger partial charge in [-0.25, -0.2) is 13.1 Å². The maximum atomic E-state index is 11.8. The van der Waals surface area contributed by atoms with Crippen LogP contribution in [0.5, 0.6) is 0 Å². The summed E-state index contributed by atoms with van der Waals surface area (Å²) in [6, 6.07) is 0.0782. The van der Waals surface area contributed by atoms with Crippen LogP contribution in [0.15, 0.2) is 0 Å². The van der Waals surface area contributed by atoms with Gasteiger partial charge in [-0.1, -0.05) is 13.8 Å². The largest absolute Gasteiger partial charge is 0.466 e. The highest BCUT2D eigenvalue weighted by molar-refractivity contribution is 7.90. The molecule has 3 aliphatic rings. The molecule has 8 nitrogen and oxygen atoms in total. The van der Waals surface area contributed by atoms with Crippen molar-refractivity contribution in [1.82, 2.24) is 4.72 Å². The summed E-state index contributed by atoms with van der Waals surface area (Å²) in [7, 11) is -3.16. The topological polar surface area (TPSA) is 125 Å². The van der Waals surface area contributed by atoms with Gasteiger partial charge in [-0.2, -0.15) is 0 Å². The Hall–Kier alpha value is -1.19. The number of nitrogens with two attached hydrogens (primary N) is 1. The van der Waals surface area contributed by atoms with Gasteiger partial charge in [0.1, 0.15) is 0 Å². The molecule has 30 heavy (non-hydrogen) atoms. The van der Waals surface area contributed by atoms with Crippen LogP contribution < -0.4 is 10.5 Å². The first-order valence-corrected chi connectivity index (χ1v) is 12.7. The van der Waals surface area contributed by atoms with Gasteiger partial charge in [0.05, 0.1) is 30.3 Å². The molecule has 0 bridgehead atoms. The van der Waals surface area contributed by atoms with Crippen molar-refractivity contribution in [2.45, 2.75) is 83.6 Å². The van der Waals surface area contributed by atoms with E-state index in [-0.39, 0.29) is 47.0 Å². The Labute approximate surface area is 180 Å². The fourth-order valence-corrected chi connectivity index (χ4v) is 6.11. The van der Waals surface area contributed by atoms with Crippen molar-refractivity contribution < 1.29 is 27.5 Å². The van der Waals surface area contributed by atoms with Gasteiger partial charge in [0.15, 0.2) is 0 Å². The van der Waals surface area contributed by atoms with E-state index >= 15 is 0 Å². The van der Waals surface area contributed by atoms with E-state index in [1.165, 1.54) is 0 Å². The number of rotatable bonds is 7. The zero-order valence-electron chi connectivity index (χ0n) is 18.6. The SMILES string of the molecule is CCOC(=O)C1CC(N)CC1C.CCOC(=O)C1CC(NS(=O)(=O)C2CC2)CC1C. The third-order valence-electron chi connectivity index (χ3n) is 6.27. The lowest BCUT2D eigenvalue weighted by Gasteiger charge is -2.13. The summed E-state index contributed by atoms with van der Waals surface area (Å²) in [6.07, 6.45) is 4.54. The number of carbonyl (C=O) groups excluding carboxylic acids is 2. The lowest BCUT2D eigenvalue weighted by molar-refractivity contribution is -0.150. The summed E-state index contributed by atoms with van der Waals surface area (Å²) >= 11 is 0. The molecule has 0 aromatic rings. The Balaban J connectivity index is 0.000000232. The molecule has 6 unspecified atom stereocenters. The van der Waals surface area contributed by atoms with Gasteiger partial charge in [-0.15, -0.1) is 0 Å². The molecule has 0 radical (unpaired) electrons. The maximum Gasteiger partial charge on any atom is 0.309 e. The quantitative estimate of drug-likeness (QED) is 0.573. The molecule has 0 amide bonds. The number of hydrogen-bond acceptors (Lipinski definition) is 7. The predicted molar refractivity (Wildman–Crippen MR) is 114 cm³/mol. The van der Waals surface area contributed by atoms with Gasteiger partial charge in [-0.05, 0) is 64.2 Å². The highest BCUT2D eigenvalue weighted by Crippen LogP contribution is 2.35. The summed E-state index contributed by atoms with van der Waals surface area (Å²) < 4.78 is 36.4. The molecule has 6 atom stereocenters. The van der Waals surface area contributed by atoms with Gasteiger partial charge < -0.3 is 15.2 Å². The summed E-state index contributed by atoms with van der Waals surface area (Å²) in [5.74, 6) is 0.169. The molecule has 3 fully saturated rings. The zero-order valence-corrected chi connectivity index (χ0v) is 19.4. The van der Waals surface area contributed by atoms with Crippen LogP contribution in [0.25, 0.3) is 0 Å². The lowest BCUT2D eigenvalue weighted by atomic mass is 9.99. The smallest absolute Gasteiger partial charge is 0.309 e. The number of hydrogen-bond donors (Lipinski definition) is 2. The Morgan fingerprint density at radius 1 is 0.900 bits per heavy atom. The molecule has 3 rings (SSSR count). The van der Waals surface area contributed by atoms with Crippen molar-refractivity contribution in [3.05, 3.63) is 0 Å². The normalized spacial score (nSPS) is 33.5. The first-order valence-electron chi connectivity index (χ1n) is 11.2. The van der Waals surface area contributed by atoms with E-state index in [2.05, 4.69) is 11.6 Å². The molecule has 0 spiro atoms. The molecule has 9 heteroatoms. The molecule has 0 aromatic carbocycles. The Bertz CT molecular complexity index is 694. The van der Waals surface area contributed by atoms with E-state index in [9.17, 15) is 18.0 Å². The van der Waals surface area contributed by atoms with Crippen LogP contribution in [0.3, 0.4) is 0 Å². The van der Waals surface area contributed by atoms with E-state index < -0.39 is 10.0 Å². The minimum Gasteiger partial charge on any atom is -0.466 e. The number of carbonyl (C=O) groups is 2. The predicted octanol–water partition coefficient (Wildman–Crippen LogP) is 1.97. The van der Waals surface area contributed by atoms with E-state index in [0.717, 1.165) is 32.1 Å². The first kappa shape index (κ1) is 25.1. The molecule has 0 aliphatic heterocycles. The number of nitrogens with one attached hydrogen (secondary N) is 1. The van der Waals surface area contributed by atoms with Crippen LogP contribution in [0, 0.1) is 23.7 Å². The molecular weight excluding hydrogens is 408 g/mol. The van der Waals surface area contributed by atoms with Crippen LogP contribution in [-0.4, -0.2) is 50.9 Å². The Kier molecular flexibility index (Phi) is 9.12. The summed E-state index contributed by atoms with van der Waals surface area (Å²) in [4.78, 5) is 23.0. The van der Waals surface area contributed by atoms with Crippen LogP contribution >= 0.6 is 0 Å². The minimum absolute atomic E-state index is 0.0416. The van der Waals surface area contributed by atoms with Crippen LogP contribution in [0.4, 0.5) is 0 Å². The molecular formula is C21H38N2O6S. The van der Waals surface area contributed by atoms with E-state index in [1.807, 2.05) is 13.8 Å². The lowest BCUT2D eigenvalue weighted by Crippen LogP contribution is -2.35. The van der Waals surface area contributed by atoms with Crippen LogP contribution in [0.2, 0.25) is 0 Å². The van der Waals surface area contributed by atoms with Gasteiger partial charge >= 0.3 is 11.9 Å². The number of esters is 2. The van der Waals surface area contributed by atoms with Gasteiger partial charge in [0.25, 0.3) is 0 Å². The van der Waals surface area contributed by atoms with Gasteiger partial charge in [0, 0.05) is 12.1 Å². The third kappa shape index (κ3) is 6.92. The van der Waals surface area contributed by atoms with Crippen molar-refractivity contribution in [3.63, 3.8) is 0 Å². The summed E-state index contributed by atoms with van der Waals surface area (Å²) in [5.41, 5.74) is 5.74. The second kappa shape index (κ2) is 10.9. The number of ether oxygens (including phenoxy) is 2. The average molecular weight is 447 g/mol. The second-order valence-corrected chi connectivity index (χ2v) is 10.9. The molecule has 3 saturated carbocycles. The summed E-state index contributed by atoms with van der Waals surface area (Å²) in [5, 5.41) is -0.200. The monoisotopic (exact) mass is 446 g/mol. The molecule has 3 aliphatic carbocycles. The highest BCUT2D eigenvalue weighted by Gasteiger charge is 2.42. The molecule has 0 aromatic heterocycles. The third-order valence-corrected chi connectivity index (χ3v) is 8.28. The zero-order chi connectivity index (χ0) is 22.5. The van der Waals surface area contributed by atoms with E-state index in [4.69, 9.17) is 15.2 Å². The second-order valence-electron chi connectivity index (χ2n) is 8.93. The van der Waals surface area contributed by atoms with Gasteiger partial charge in [-0.3, -0.25) is 9.59 Å². The maximum absolute atomic E-state index is 11.8. The van der Waals surface area contributed by atoms with E-state index in [1.54, 1.807) is 6.92 Å². The first-order chi connectivity index (χ1) is 14.1. The van der Waals surface area contributed by atoms with Crippen molar-refractivity contribution >= 4 is 22.0 Å². The summed E-state index contributed by atoms with van der Waals surface area (Å²) in [6.45, 7) is 8.50. The molecule has 3 N–H and O–H groups in total. The standard InChI is InChI=1S/C12H21NO4S.C9H17NO2/c1-3-17-12(14)11-7-9(6-8(11)2)13-18(15,16)10-4-5-10;1-3-12-9(11)8-5-7(10)4-6(8)2/h8-11,13H,3-7H2,1-2H3;6-8H,3-5,10H2,1-2H3. The van der Waals surface area contributed by atoms with Crippen molar-refractivity contribution in [3.8, 4) is 0 Å². The average Bonchev–Trinajstić information content (AvgIpc) is 3.38. The van der Waals surface area contributed by atoms with Crippen molar-refractivity contribution in [2.24, 2.45) is 29.4 Å². The fraction of sp³-hybridized carbons (Fsp3) is 0.905. The fourth-order valence-electron chi connectivity index (χ4n) is 4.50. The van der Waals surface area contributed by atoms with Crippen LogP contribution in [-0.2, 0) is 29.1 Å². The van der Waals surface area contributed by atoms with Gasteiger partial charge in [0.2, 0.25) is 10.0 Å². The Morgan fingerprint density at radius 3 is 1.83 bits per heavy atom. The Morgan fingerprint density at radius 2 is 1.40 bits per heavy atom. The van der Waals surface area contributed by atoms with Crippen molar-refractivity contribution in [2.75, 3.05) is 13.2 Å². The highest BCUT2D eigenvalue weighted by atomic mass is 32.2. The van der Waals surface area contributed by atoms with E-state index in [0.29, 0.717) is 25.6 Å². The number of sulfonamides is 1.